The van der Waals surface area contributed by atoms with Gasteiger partial charge in [-0.3, -0.25) is 4.79 Å². The van der Waals surface area contributed by atoms with E-state index in [9.17, 15) is 26.4 Å². The van der Waals surface area contributed by atoms with Gasteiger partial charge in [-0.1, -0.05) is 30.3 Å². The number of nitrogens with one attached hydrogen (secondary N) is 1. The van der Waals surface area contributed by atoms with Crippen LogP contribution in [0.1, 0.15) is 18.7 Å². The van der Waals surface area contributed by atoms with Crippen LogP contribution >= 0.6 is 0 Å². The van der Waals surface area contributed by atoms with Gasteiger partial charge in [0.25, 0.3) is 0 Å². The van der Waals surface area contributed by atoms with Crippen LogP contribution in [0.2, 0.25) is 0 Å². The van der Waals surface area contributed by atoms with Crippen molar-refractivity contribution < 1.29 is 34.7 Å². The Morgan fingerprint density at radius 2 is 1.86 bits per heavy atom. The van der Waals surface area contributed by atoms with Gasteiger partial charge in [0.1, 0.15) is 0 Å². The van der Waals surface area contributed by atoms with E-state index in [-0.39, 0.29) is 12.2 Å². The Morgan fingerprint density at radius 1 is 1.29 bits per heavy atom. The van der Waals surface area contributed by atoms with Crippen LogP contribution in [-0.4, -0.2) is 27.1 Å². The summed E-state index contributed by atoms with van der Waals surface area (Å²) in [6.45, 7) is 1.09. The highest BCUT2D eigenvalue weighted by Gasteiger charge is 2.41. The zero-order valence-corrected chi connectivity index (χ0v) is 11.6. The number of carbonyl (C=O) groups excluding carboxylic acids is 1. The second-order valence-electron chi connectivity index (χ2n) is 3.67. The van der Waals surface area contributed by atoms with Crippen molar-refractivity contribution in [1.29, 1.82) is 0 Å². The number of halogens is 3. The molecule has 21 heavy (non-hydrogen) atoms. The molecule has 0 saturated carbocycles. The molecule has 1 unspecified atom stereocenters. The molecule has 0 saturated heterocycles. The fourth-order valence-electron chi connectivity index (χ4n) is 1.28. The van der Waals surface area contributed by atoms with Gasteiger partial charge < -0.3 is 5.32 Å². The Morgan fingerprint density at radius 3 is 2.33 bits per heavy atom. The molecule has 0 aliphatic heterocycles. The summed E-state index contributed by atoms with van der Waals surface area (Å²) in [6.07, 6.45) is -7.02. The van der Waals surface area contributed by atoms with Gasteiger partial charge in [0.2, 0.25) is 0 Å². The predicted molar refractivity (Wildman–Crippen MR) is 65.0 cm³/mol. The first-order valence-electron chi connectivity index (χ1n) is 5.66. The zero-order chi connectivity index (χ0) is 16.1. The number of rotatable bonds is 6. The van der Waals surface area contributed by atoms with Crippen LogP contribution in [0, 0.1) is 0 Å². The minimum absolute atomic E-state index is 0.0124. The Bertz CT molecular complexity index is 573. The van der Waals surface area contributed by atoms with Crippen molar-refractivity contribution in [3.05, 3.63) is 35.9 Å². The normalized spacial score (nSPS) is 13.7. The molecule has 1 aromatic carbocycles. The van der Waals surface area contributed by atoms with Crippen molar-refractivity contribution in [3.8, 4) is 0 Å². The van der Waals surface area contributed by atoms with Gasteiger partial charge in [-0.15, -0.1) is 0 Å². The second-order valence-corrected chi connectivity index (χ2v) is 4.92. The first-order chi connectivity index (χ1) is 9.65. The fourth-order valence-corrected chi connectivity index (χ4v) is 2.02. The van der Waals surface area contributed by atoms with Crippen LogP contribution in [0.15, 0.2) is 30.3 Å². The topological polar surface area (TPSA) is 81.7 Å². The van der Waals surface area contributed by atoms with Gasteiger partial charge in [0.15, 0.2) is 6.23 Å². The molecule has 0 radical (unpaired) electrons. The van der Waals surface area contributed by atoms with Crippen molar-refractivity contribution in [1.82, 2.24) is 5.32 Å². The molecule has 0 aliphatic carbocycles. The lowest BCUT2D eigenvalue weighted by atomic mass is 10.2. The number of hydrogen-bond donors (Lipinski definition) is 1. The number of hydrogen-bond acceptors (Lipinski definition) is 5. The Labute approximate surface area is 119 Å². The lowest BCUT2D eigenvalue weighted by Crippen LogP contribution is -2.40. The van der Waals surface area contributed by atoms with Crippen molar-refractivity contribution in [2.75, 3.05) is 6.61 Å². The van der Waals surface area contributed by atoms with Gasteiger partial charge in [-0.2, -0.15) is 21.6 Å². The molecule has 1 atom stereocenters. The van der Waals surface area contributed by atoms with E-state index in [1.54, 1.807) is 6.07 Å². The SMILES string of the molecule is CCOS(=O)(=O)OC(NC(=O)C(F)(F)F)c1ccccc1. The minimum atomic E-state index is -5.17. The van der Waals surface area contributed by atoms with Crippen LogP contribution in [0.4, 0.5) is 13.2 Å². The average Bonchev–Trinajstić information content (AvgIpc) is 2.37. The van der Waals surface area contributed by atoms with Gasteiger partial charge in [-0.25, -0.2) is 8.37 Å². The number of carbonyl (C=O) groups is 1. The van der Waals surface area contributed by atoms with Crippen molar-refractivity contribution >= 4 is 16.3 Å². The molecule has 0 aliphatic rings. The van der Waals surface area contributed by atoms with Crippen LogP contribution in [0.3, 0.4) is 0 Å². The van der Waals surface area contributed by atoms with Gasteiger partial charge >= 0.3 is 22.5 Å². The van der Waals surface area contributed by atoms with Gasteiger partial charge in [0.05, 0.1) is 6.61 Å². The summed E-state index contributed by atoms with van der Waals surface area (Å²) in [5, 5.41) is 1.44. The van der Waals surface area contributed by atoms with Gasteiger partial charge in [0, 0.05) is 5.56 Å². The van der Waals surface area contributed by atoms with Gasteiger partial charge in [-0.05, 0) is 6.92 Å². The molecular weight excluding hydrogens is 315 g/mol. The fraction of sp³-hybridized carbons (Fsp3) is 0.364. The quantitative estimate of drug-likeness (QED) is 0.804. The number of amides is 1. The van der Waals surface area contributed by atoms with E-state index in [0.29, 0.717) is 0 Å². The van der Waals surface area contributed by atoms with E-state index >= 15 is 0 Å². The Kier molecular flexibility index (Phi) is 5.70. The largest absolute Gasteiger partial charge is 0.471 e. The number of benzene rings is 1. The van der Waals surface area contributed by atoms with E-state index in [2.05, 4.69) is 8.37 Å². The van der Waals surface area contributed by atoms with E-state index in [1.165, 1.54) is 36.5 Å². The molecule has 0 fully saturated rings. The van der Waals surface area contributed by atoms with Crippen molar-refractivity contribution in [3.63, 3.8) is 0 Å². The molecule has 118 valence electrons. The molecule has 10 heteroatoms. The maximum absolute atomic E-state index is 12.3. The third kappa shape index (κ3) is 5.69. The van der Waals surface area contributed by atoms with Crippen molar-refractivity contribution in [2.45, 2.75) is 19.3 Å². The summed E-state index contributed by atoms with van der Waals surface area (Å²) >= 11 is 0. The van der Waals surface area contributed by atoms with Crippen LogP contribution < -0.4 is 5.32 Å². The van der Waals surface area contributed by atoms with E-state index in [4.69, 9.17) is 0 Å². The summed E-state index contributed by atoms with van der Waals surface area (Å²) in [7, 11) is -4.55. The minimum Gasteiger partial charge on any atom is -0.318 e. The summed E-state index contributed by atoms with van der Waals surface area (Å²) < 4.78 is 68.2. The lowest BCUT2D eigenvalue weighted by Gasteiger charge is -2.19. The predicted octanol–water partition coefficient (Wildman–Crippen LogP) is 1.66. The van der Waals surface area contributed by atoms with Crippen LogP contribution in [0.25, 0.3) is 0 Å². The highest BCUT2D eigenvalue weighted by Crippen LogP contribution is 2.21. The molecule has 0 spiro atoms. The Hall–Kier alpha value is -1.65. The molecule has 0 heterocycles. The summed E-state index contributed by atoms with van der Waals surface area (Å²) in [6, 6.07) is 7.03. The van der Waals surface area contributed by atoms with Crippen LogP contribution in [-0.2, 0) is 23.6 Å². The summed E-state index contributed by atoms with van der Waals surface area (Å²) in [4.78, 5) is 10.9. The first kappa shape index (κ1) is 17.4. The second kappa shape index (κ2) is 6.87. The molecule has 0 aromatic heterocycles. The van der Waals surface area contributed by atoms with E-state index < -0.39 is 28.7 Å². The first-order valence-corrected chi connectivity index (χ1v) is 6.99. The third-order valence-corrected chi connectivity index (χ3v) is 3.05. The molecular formula is C11H12F3NO5S. The smallest absolute Gasteiger partial charge is 0.318 e. The molecule has 1 aromatic rings. The van der Waals surface area contributed by atoms with Crippen LogP contribution in [0.5, 0.6) is 0 Å². The molecule has 1 amide bonds. The molecule has 1 rings (SSSR count). The maximum Gasteiger partial charge on any atom is 0.471 e. The summed E-state index contributed by atoms with van der Waals surface area (Å²) in [5.74, 6) is -2.33. The average molecular weight is 327 g/mol. The molecule has 1 N–H and O–H groups in total. The molecule has 6 nitrogen and oxygen atoms in total. The summed E-state index contributed by atoms with van der Waals surface area (Å²) in [5.41, 5.74) is 0.0124. The third-order valence-electron chi connectivity index (χ3n) is 2.10. The van der Waals surface area contributed by atoms with E-state index in [1.807, 2.05) is 0 Å². The number of alkyl halides is 3. The standard InChI is InChI=1S/C11H12F3NO5S/c1-2-19-21(17,18)20-9(8-6-4-3-5-7-8)15-10(16)11(12,13)14/h3-7,9H,2H2,1H3,(H,15,16). The zero-order valence-electron chi connectivity index (χ0n) is 10.8. The lowest BCUT2D eigenvalue weighted by molar-refractivity contribution is -0.176. The van der Waals surface area contributed by atoms with E-state index in [0.717, 1.165) is 0 Å². The highest BCUT2D eigenvalue weighted by molar-refractivity contribution is 7.81. The monoisotopic (exact) mass is 327 g/mol. The molecule has 0 bridgehead atoms. The maximum atomic E-state index is 12.3. The van der Waals surface area contributed by atoms with Crippen molar-refractivity contribution in [2.24, 2.45) is 0 Å². The highest BCUT2D eigenvalue weighted by atomic mass is 32.3. The Balaban J connectivity index is 2.99.